The van der Waals surface area contributed by atoms with E-state index in [1.807, 2.05) is 0 Å². The van der Waals surface area contributed by atoms with E-state index in [1.54, 1.807) is 0 Å². The first-order valence-electron chi connectivity index (χ1n) is 4.18. The lowest BCUT2D eigenvalue weighted by molar-refractivity contribution is 0.0141. The maximum absolute atomic E-state index is 2.51. The summed E-state index contributed by atoms with van der Waals surface area (Å²) in [6, 6.07) is 0. The Bertz CT molecular complexity index is 139. The maximum atomic E-state index is 2.51. The molecule has 0 amide bonds. The number of hydrogen-bond donors (Lipinski definition) is 0. The molecule has 0 saturated carbocycles. The molecule has 0 aliphatic carbocycles. The third kappa shape index (κ3) is 2.12. The first-order valence-corrected chi connectivity index (χ1v) is 5.25. The van der Waals surface area contributed by atoms with Crippen LogP contribution in [0.5, 0.6) is 0 Å². The van der Waals surface area contributed by atoms with Crippen LogP contribution < -0.4 is 0 Å². The predicted molar refractivity (Wildman–Crippen MR) is 63.6 cm³/mol. The minimum atomic E-state index is 0.0742. The van der Waals surface area contributed by atoms with Crippen molar-refractivity contribution in [3.63, 3.8) is 0 Å². The van der Waals surface area contributed by atoms with E-state index in [0.29, 0.717) is 0 Å². The Labute approximate surface area is 90.4 Å². The summed E-state index contributed by atoms with van der Waals surface area (Å²) in [7, 11) is 8.49. The highest BCUT2D eigenvalue weighted by Gasteiger charge is 2.43. The van der Waals surface area contributed by atoms with Gasteiger partial charge in [0.05, 0.1) is 0 Å². The van der Waals surface area contributed by atoms with E-state index in [4.69, 9.17) is 0 Å². The zero-order valence-electron chi connectivity index (χ0n) is 9.27. The number of halogens is 1. The Kier molecular flexibility index (Phi) is 4.00. The van der Waals surface area contributed by atoms with Crippen LogP contribution in [0.1, 0.15) is 20.8 Å². The maximum Gasteiger partial charge on any atom is 0.131 e. The largest absolute Gasteiger partial charge is 0.283 e. The number of nitrogens with zero attached hydrogens (tertiary/aromatic N) is 2. The van der Waals surface area contributed by atoms with Gasteiger partial charge in [0.25, 0.3) is 0 Å². The first-order chi connectivity index (χ1) is 5.14. The van der Waals surface area contributed by atoms with Crippen molar-refractivity contribution in [3.05, 3.63) is 0 Å². The molecular formula is C9H21IN2. The van der Waals surface area contributed by atoms with Crippen LogP contribution in [0.25, 0.3) is 0 Å². The molecule has 0 fully saturated rings. The molecular weight excluding hydrogens is 263 g/mol. The molecule has 74 valence electrons. The van der Waals surface area contributed by atoms with Gasteiger partial charge in [-0.05, 0) is 50.8 Å². The van der Waals surface area contributed by atoms with Crippen LogP contribution in [0.4, 0.5) is 0 Å². The standard InChI is InChI=1S/C9H21IN2/c1-8(2,3)9(10,11(4)5)12(6)7/h1-7H3. The van der Waals surface area contributed by atoms with E-state index >= 15 is 0 Å². The average molecular weight is 284 g/mol. The van der Waals surface area contributed by atoms with Crippen molar-refractivity contribution in [3.8, 4) is 0 Å². The molecule has 0 aromatic rings. The monoisotopic (exact) mass is 284 g/mol. The molecule has 3 heteroatoms. The molecule has 0 spiro atoms. The minimum absolute atomic E-state index is 0.0742. The Morgan fingerprint density at radius 2 is 1.08 bits per heavy atom. The Morgan fingerprint density at radius 1 is 0.833 bits per heavy atom. The van der Waals surface area contributed by atoms with Crippen LogP contribution >= 0.6 is 22.6 Å². The third-order valence-electron chi connectivity index (χ3n) is 2.14. The highest BCUT2D eigenvalue weighted by Crippen LogP contribution is 2.41. The normalized spacial score (nSPS) is 14.5. The van der Waals surface area contributed by atoms with Gasteiger partial charge in [0.15, 0.2) is 0 Å². The summed E-state index contributed by atoms with van der Waals surface area (Å²) in [5, 5.41) is 0. The van der Waals surface area contributed by atoms with E-state index in [0.717, 1.165) is 0 Å². The van der Waals surface area contributed by atoms with Crippen LogP contribution in [0.3, 0.4) is 0 Å². The highest BCUT2D eigenvalue weighted by atomic mass is 127. The molecule has 0 atom stereocenters. The van der Waals surface area contributed by atoms with Gasteiger partial charge in [-0.1, -0.05) is 20.8 Å². The SMILES string of the molecule is CN(C)C(I)(N(C)C)C(C)(C)C. The second kappa shape index (κ2) is 3.80. The van der Waals surface area contributed by atoms with E-state index in [9.17, 15) is 0 Å². The van der Waals surface area contributed by atoms with Gasteiger partial charge < -0.3 is 0 Å². The summed E-state index contributed by atoms with van der Waals surface area (Å²) in [5.74, 6) is 0. The molecule has 0 aromatic carbocycles. The van der Waals surface area contributed by atoms with Crippen molar-refractivity contribution in [2.24, 2.45) is 5.41 Å². The van der Waals surface area contributed by atoms with Gasteiger partial charge in [-0.2, -0.15) is 0 Å². The van der Waals surface area contributed by atoms with Crippen molar-refractivity contribution >= 4 is 22.6 Å². The molecule has 2 nitrogen and oxygen atoms in total. The smallest absolute Gasteiger partial charge is 0.131 e. The van der Waals surface area contributed by atoms with Gasteiger partial charge in [-0.25, -0.2) is 0 Å². The summed E-state index contributed by atoms with van der Waals surface area (Å²) in [6.45, 7) is 6.79. The highest BCUT2D eigenvalue weighted by molar-refractivity contribution is 14.1. The molecule has 0 rings (SSSR count). The molecule has 0 saturated heterocycles. The van der Waals surface area contributed by atoms with Crippen LogP contribution in [-0.4, -0.2) is 41.7 Å². The lowest BCUT2D eigenvalue weighted by atomic mass is 9.91. The van der Waals surface area contributed by atoms with Crippen LogP contribution in [-0.2, 0) is 0 Å². The Balaban J connectivity index is 4.89. The zero-order chi connectivity index (χ0) is 10.2. The molecule has 0 N–H and O–H groups in total. The topological polar surface area (TPSA) is 6.48 Å². The van der Waals surface area contributed by atoms with E-state index in [2.05, 4.69) is 81.4 Å². The van der Waals surface area contributed by atoms with Gasteiger partial charge in [0.1, 0.15) is 3.67 Å². The first kappa shape index (κ1) is 12.7. The minimum Gasteiger partial charge on any atom is -0.283 e. The molecule has 0 aliphatic heterocycles. The van der Waals surface area contributed by atoms with Gasteiger partial charge in [-0.15, -0.1) is 0 Å². The summed E-state index contributed by atoms with van der Waals surface area (Å²) < 4.78 is 0.0742. The Hall–Kier alpha value is 0.650. The Morgan fingerprint density at radius 3 is 1.08 bits per heavy atom. The fourth-order valence-corrected chi connectivity index (χ4v) is 1.74. The number of alkyl halides is 1. The van der Waals surface area contributed by atoms with Crippen LogP contribution in [0, 0.1) is 5.41 Å². The lowest BCUT2D eigenvalue weighted by Crippen LogP contribution is -2.58. The van der Waals surface area contributed by atoms with E-state index in [-0.39, 0.29) is 9.08 Å². The van der Waals surface area contributed by atoms with Crippen LogP contribution in [0.2, 0.25) is 0 Å². The second-order valence-electron chi connectivity index (χ2n) is 4.63. The molecule has 0 unspecified atom stereocenters. The fourth-order valence-electron chi connectivity index (χ4n) is 1.74. The lowest BCUT2D eigenvalue weighted by Gasteiger charge is -2.49. The summed E-state index contributed by atoms with van der Waals surface area (Å²) >= 11 is 2.51. The van der Waals surface area contributed by atoms with Crippen molar-refractivity contribution in [2.75, 3.05) is 28.2 Å². The van der Waals surface area contributed by atoms with Crippen molar-refractivity contribution in [2.45, 2.75) is 24.4 Å². The van der Waals surface area contributed by atoms with Crippen molar-refractivity contribution in [1.29, 1.82) is 0 Å². The van der Waals surface area contributed by atoms with E-state index < -0.39 is 0 Å². The molecule has 0 aliphatic rings. The van der Waals surface area contributed by atoms with Crippen molar-refractivity contribution < 1.29 is 0 Å². The van der Waals surface area contributed by atoms with Gasteiger partial charge >= 0.3 is 0 Å². The zero-order valence-corrected chi connectivity index (χ0v) is 11.4. The quantitative estimate of drug-likeness (QED) is 0.332. The summed E-state index contributed by atoms with van der Waals surface area (Å²) in [4.78, 5) is 4.51. The van der Waals surface area contributed by atoms with Gasteiger partial charge in [0, 0.05) is 5.41 Å². The fraction of sp³-hybridized carbons (Fsp3) is 1.00. The molecule has 0 radical (unpaired) electrons. The van der Waals surface area contributed by atoms with Gasteiger partial charge in [-0.3, -0.25) is 9.80 Å². The summed E-state index contributed by atoms with van der Waals surface area (Å²) in [6.07, 6.45) is 0. The average Bonchev–Trinajstić information content (AvgIpc) is 1.82. The molecule has 0 aromatic heterocycles. The summed E-state index contributed by atoms with van der Waals surface area (Å²) in [5.41, 5.74) is 0.237. The third-order valence-corrected chi connectivity index (χ3v) is 5.69. The van der Waals surface area contributed by atoms with Gasteiger partial charge in [0.2, 0.25) is 0 Å². The molecule has 12 heavy (non-hydrogen) atoms. The molecule has 0 heterocycles. The van der Waals surface area contributed by atoms with Crippen molar-refractivity contribution in [1.82, 2.24) is 9.80 Å². The number of hydrogen-bond acceptors (Lipinski definition) is 2. The van der Waals surface area contributed by atoms with E-state index in [1.165, 1.54) is 0 Å². The predicted octanol–water partition coefficient (Wildman–Crippen LogP) is 2.24. The molecule has 0 bridgehead atoms. The number of rotatable bonds is 2. The van der Waals surface area contributed by atoms with Crippen LogP contribution in [0.15, 0.2) is 0 Å². The second-order valence-corrected chi connectivity index (χ2v) is 6.13.